The molecule has 3 unspecified atom stereocenters. The molecule has 1 amide bonds. The molecular formula is C67H117N2O7P. The molecule has 9 nitrogen and oxygen atoms in total. The van der Waals surface area contributed by atoms with Crippen LogP contribution in [-0.2, 0) is 27.9 Å². The average Bonchev–Trinajstić information content (AvgIpc) is 3.39. The maximum absolute atomic E-state index is 13.5. The molecule has 0 bridgehead atoms. The molecule has 0 aliphatic heterocycles. The van der Waals surface area contributed by atoms with Crippen LogP contribution >= 0.6 is 7.82 Å². The molecule has 0 saturated heterocycles. The van der Waals surface area contributed by atoms with Gasteiger partial charge in [0, 0.05) is 12.8 Å². The minimum absolute atomic E-state index is 0.0364. The number of esters is 1. The van der Waals surface area contributed by atoms with Crippen molar-refractivity contribution in [3.63, 3.8) is 0 Å². The number of carbonyl (C=O) groups is 2. The van der Waals surface area contributed by atoms with Crippen molar-refractivity contribution in [1.82, 2.24) is 5.32 Å². The monoisotopic (exact) mass is 1090 g/mol. The van der Waals surface area contributed by atoms with Crippen LogP contribution in [0.15, 0.2) is 109 Å². The number of amides is 1. The van der Waals surface area contributed by atoms with Crippen LogP contribution in [0.25, 0.3) is 0 Å². The van der Waals surface area contributed by atoms with E-state index in [-0.39, 0.29) is 24.9 Å². The fourth-order valence-corrected chi connectivity index (χ4v) is 9.10. The van der Waals surface area contributed by atoms with Gasteiger partial charge < -0.3 is 28.5 Å². The molecule has 77 heavy (non-hydrogen) atoms. The second kappa shape index (κ2) is 56.0. The Morgan fingerprint density at radius 2 is 0.831 bits per heavy atom. The molecule has 0 fully saturated rings. The maximum atomic E-state index is 13.5. The van der Waals surface area contributed by atoms with Crippen molar-refractivity contribution in [2.75, 3.05) is 40.9 Å². The first-order valence-corrected chi connectivity index (χ1v) is 32.7. The van der Waals surface area contributed by atoms with Crippen LogP contribution < -0.4 is 10.2 Å². The van der Waals surface area contributed by atoms with Crippen molar-refractivity contribution < 1.29 is 37.3 Å². The van der Waals surface area contributed by atoms with Gasteiger partial charge in [0.05, 0.1) is 33.8 Å². The van der Waals surface area contributed by atoms with Gasteiger partial charge in [0.25, 0.3) is 7.82 Å². The lowest BCUT2D eigenvalue weighted by atomic mass is 10.0. The summed E-state index contributed by atoms with van der Waals surface area (Å²) >= 11 is 0. The van der Waals surface area contributed by atoms with Crippen LogP contribution in [0.1, 0.15) is 252 Å². The molecule has 0 aromatic rings. The molecule has 0 heterocycles. The first-order chi connectivity index (χ1) is 37.4. The van der Waals surface area contributed by atoms with E-state index < -0.39 is 26.6 Å². The van der Waals surface area contributed by atoms with Gasteiger partial charge in [-0.3, -0.25) is 14.2 Å². The smallest absolute Gasteiger partial charge is 0.306 e. The Morgan fingerprint density at radius 1 is 0.468 bits per heavy atom. The number of phosphoric acid groups is 1. The first-order valence-electron chi connectivity index (χ1n) is 31.2. The molecule has 0 rings (SSSR count). The molecule has 0 radical (unpaired) electrons. The number of rotatable bonds is 55. The standard InChI is InChI=1S/C67H117N2O7P/c1-7-10-13-16-19-22-25-28-30-32-33-34-35-37-39-42-45-48-51-54-57-60-67(71)76-65(58-55-52-49-46-43-40-27-24-21-18-15-12-9-3)64(63-75-77(72,73)74-62-61-69(4,5)6)68-66(70)59-56-53-50-47-44-41-38-36-31-29-26-23-20-17-14-11-8-2/h10,13,19-20,22-23,28-31,33-34,37,39,45,48,55,58,64-65H,7-9,11-12,14-18,21,24-27,32,35-36,38,40-44,46-47,49-54,56-57,59-63H2,1-6H3,(H-,68,70,72,73)/b13-10-,22-19-,23-20-,30-28-,31-29-,34-33-,39-37-,48-45-,58-55+. The molecule has 3 atom stereocenters. The number of unbranched alkanes of at least 4 members (excludes halogenated alkanes) is 23. The Balaban J connectivity index is 5.39. The number of quaternary nitrogens is 1. The molecule has 0 aromatic heterocycles. The fourth-order valence-electron chi connectivity index (χ4n) is 8.38. The van der Waals surface area contributed by atoms with Gasteiger partial charge in [-0.25, -0.2) is 0 Å². The summed E-state index contributed by atoms with van der Waals surface area (Å²) in [5, 5.41) is 3.01. The van der Waals surface area contributed by atoms with Gasteiger partial charge in [-0.2, -0.15) is 0 Å². The molecule has 0 aromatic carbocycles. The normalized spacial score (nSPS) is 14.4. The summed E-state index contributed by atoms with van der Waals surface area (Å²) in [5.41, 5.74) is 0. The largest absolute Gasteiger partial charge is 0.756 e. The second-order valence-electron chi connectivity index (χ2n) is 21.8. The minimum Gasteiger partial charge on any atom is -0.756 e. The summed E-state index contributed by atoms with van der Waals surface area (Å²) in [6, 6.07) is -0.918. The van der Waals surface area contributed by atoms with E-state index in [0.717, 1.165) is 109 Å². The lowest BCUT2D eigenvalue weighted by Crippen LogP contribution is -2.47. The van der Waals surface area contributed by atoms with Crippen molar-refractivity contribution in [3.05, 3.63) is 109 Å². The first kappa shape index (κ1) is 73.7. The molecule has 0 saturated carbocycles. The average molecular weight is 1090 g/mol. The molecular weight excluding hydrogens is 976 g/mol. The summed E-state index contributed by atoms with van der Waals surface area (Å²) < 4.78 is 30.3. The van der Waals surface area contributed by atoms with Gasteiger partial charge in [0.15, 0.2) is 0 Å². The number of ether oxygens (including phenoxy) is 1. The Kier molecular flexibility index (Phi) is 53.5. The summed E-state index contributed by atoms with van der Waals surface area (Å²) in [7, 11) is 1.14. The number of nitrogens with zero attached hydrogens (tertiary/aromatic N) is 1. The summed E-state index contributed by atoms with van der Waals surface area (Å²) in [5.74, 6) is -0.605. The predicted octanol–water partition coefficient (Wildman–Crippen LogP) is 18.7. The number of likely N-dealkylation sites (N-methyl/N-ethyl adjacent to an activating group) is 1. The molecule has 1 N–H and O–H groups in total. The number of nitrogens with one attached hydrogen (secondary N) is 1. The Bertz CT molecular complexity index is 1690. The van der Waals surface area contributed by atoms with E-state index in [4.69, 9.17) is 13.8 Å². The van der Waals surface area contributed by atoms with Crippen LogP contribution in [0, 0.1) is 0 Å². The Morgan fingerprint density at radius 3 is 1.29 bits per heavy atom. The third kappa shape index (κ3) is 57.2. The van der Waals surface area contributed by atoms with Crippen molar-refractivity contribution in [3.8, 4) is 0 Å². The maximum Gasteiger partial charge on any atom is 0.306 e. The van der Waals surface area contributed by atoms with Gasteiger partial charge in [-0.05, 0) is 115 Å². The zero-order valence-corrected chi connectivity index (χ0v) is 51.3. The van der Waals surface area contributed by atoms with E-state index in [9.17, 15) is 19.0 Å². The number of hydrogen-bond acceptors (Lipinski definition) is 7. The highest BCUT2D eigenvalue weighted by molar-refractivity contribution is 7.45. The molecule has 0 aliphatic carbocycles. The van der Waals surface area contributed by atoms with Crippen LogP contribution in [0.5, 0.6) is 0 Å². The molecule has 0 aliphatic rings. The quantitative estimate of drug-likeness (QED) is 0.0212. The van der Waals surface area contributed by atoms with Gasteiger partial charge in [0.1, 0.15) is 19.3 Å². The summed E-state index contributed by atoms with van der Waals surface area (Å²) in [4.78, 5) is 40.0. The topological polar surface area (TPSA) is 114 Å². The van der Waals surface area contributed by atoms with E-state index in [1.54, 1.807) is 0 Å². The third-order valence-corrected chi connectivity index (χ3v) is 14.2. The zero-order chi connectivity index (χ0) is 56.4. The predicted molar refractivity (Wildman–Crippen MR) is 330 cm³/mol. The molecule has 442 valence electrons. The van der Waals surface area contributed by atoms with Gasteiger partial charge in [-0.15, -0.1) is 0 Å². The summed E-state index contributed by atoms with van der Waals surface area (Å²) in [6.07, 6.45) is 76.2. The fraction of sp³-hybridized carbons (Fsp3) is 0.701. The summed E-state index contributed by atoms with van der Waals surface area (Å²) in [6.45, 7) is 6.66. The van der Waals surface area contributed by atoms with E-state index in [2.05, 4.69) is 123 Å². The van der Waals surface area contributed by atoms with Crippen molar-refractivity contribution in [2.45, 2.75) is 264 Å². The van der Waals surface area contributed by atoms with E-state index in [1.807, 2.05) is 33.3 Å². The van der Waals surface area contributed by atoms with Gasteiger partial charge in [-0.1, -0.05) is 233 Å². The Hall–Kier alpha value is -3.33. The van der Waals surface area contributed by atoms with E-state index in [1.165, 1.54) is 103 Å². The van der Waals surface area contributed by atoms with Crippen molar-refractivity contribution in [1.29, 1.82) is 0 Å². The van der Waals surface area contributed by atoms with Crippen molar-refractivity contribution in [2.24, 2.45) is 0 Å². The van der Waals surface area contributed by atoms with Gasteiger partial charge in [0.2, 0.25) is 5.91 Å². The van der Waals surface area contributed by atoms with Crippen LogP contribution in [0.4, 0.5) is 0 Å². The molecule has 0 spiro atoms. The van der Waals surface area contributed by atoms with Gasteiger partial charge >= 0.3 is 5.97 Å². The van der Waals surface area contributed by atoms with Crippen LogP contribution in [0.2, 0.25) is 0 Å². The minimum atomic E-state index is -4.72. The SMILES string of the molecule is CC/C=C\C/C=C\C/C=C\C/C=C\C/C=C\C/C=C\CCCCC(=O)OC(/C=C/CCCCCCCCCCCCC)C(COP(=O)([O-])OCC[N+](C)(C)C)NC(=O)CCCCCCCCC/C=C\C/C=C\CCCCC. The number of allylic oxidation sites excluding steroid dienone is 17. The van der Waals surface area contributed by atoms with E-state index in [0.29, 0.717) is 23.9 Å². The highest BCUT2D eigenvalue weighted by Crippen LogP contribution is 2.38. The third-order valence-electron chi connectivity index (χ3n) is 13.2. The van der Waals surface area contributed by atoms with Crippen LogP contribution in [-0.4, -0.2) is 69.4 Å². The highest BCUT2D eigenvalue weighted by atomic mass is 31.2. The second-order valence-corrected chi connectivity index (χ2v) is 23.2. The lowest BCUT2D eigenvalue weighted by Gasteiger charge is -2.30. The van der Waals surface area contributed by atoms with E-state index >= 15 is 0 Å². The number of hydrogen-bond donors (Lipinski definition) is 1. The molecule has 10 heteroatoms. The zero-order valence-electron chi connectivity index (χ0n) is 50.4. The lowest BCUT2D eigenvalue weighted by molar-refractivity contribution is -0.870. The van der Waals surface area contributed by atoms with Crippen molar-refractivity contribution >= 4 is 19.7 Å². The van der Waals surface area contributed by atoms with Crippen LogP contribution in [0.3, 0.4) is 0 Å². The number of carbonyl (C=O) groups excluding carboxylic acids is 2. The Labute approximate surface area is 474 Å². The number of phosphoric ester groups is 1. The highest BCUT2D eigenvalue weighted by Gasteiger charge is 2.27.